The average Bonchev–Trinajstić information content (AvgIpc) is 2.51. The normalized spacial score (nSPS) is 10.3. The van der Waals surface area contributed by atoms with E-state index in [-0.39, 0.29) is 13.0 Å². The molecule has 1 aromatic carbocycles. The van der Waals surface area contributed by atoms with Gasteiger partial charge in [-0.25, -0.2) is 9.59 Å². The third-order valence-electron chi connectivity index (χ3n) is 2.37. The van der Waals surface area contributed by atoms with Crippen molar-refractivity contribution in [1.29, 1.82) is 0 Å². The lowest BCUT2D eigenvalue weighted by molar-refractivity contribution is -0.140. The molecule has 0 aliphatic carbocycles. The van der Waals surface area contributed by atoms with Crippen molar-refractivity contribution in [2.75, 3.05) is 13.7 Å². The predicted octanol–water partition coefficient (Wildman–Crippen LogP) is 2.41. The number of ether oxygens (including phenoxy) is 3. The molecule has 0 radical (unpaired) electrons. The molecular formula is C15H15BrO6. The van der Waals surface area contributed by atoms with E-state index in [0.717, 1.165) is 16.6 Å². The van der Waals surface area contributed by atoms with Crippen molar-refractivity contribution in [3.63, 3.8) is 0 Å². The molecule has 0 heterocycles. The van der Waals surface area contributed by atoms with Crippen molar-refractivity contribution in [1.82, 2.24) is 0 Å². The van der Waals surface area contributed by atoms with Crippen molar-refractivity contribution in [3.8, 4) is 5.75 Å². The second-order valence-corrected chi connectivity index (χ2v) is 4.97. The van der Waals surface area contributed by atoms with E-state index in [1.54, 1.807) is 24.3 Å². The zero-order chi connectivity index (χ0) is 16.4. The third-order valence-corrected chi connectivity index (χ3v) is 2.90. The summed E-state index contributed by atoms with van der Waals surface area (Å²) in [5, 5.41) is 0. The number of halogens is 1. The predicted molar refractivity (Wildman–Crippen MR) is 81.1 cm³/mol. The van der Waals surface area contributed by atoms with Gasteiger partial charge in [0.25, 0.3) is 0 Å². The first-order chi connectivity index (χ1) is 10.5. The van der Waals surface area contributed by atoms with E-state index in [2.05, 4.69) is 20.7 Å². The topological polar surface area (TPSA) is 78.9 Å². The Kier molecular flexibility index (Phi) is 7.91. The van der Waals surface area contributed by atoms with Gasteiger partial charge in [0.15, 0.2) is 0 Å². The second kappa shape index (κ2) is 9.73. The molecule has 0 N–H and O–H groups in total. The average molecular weight is 371 g/mol. The lowest BCUT2D eigenvalue weighted by Crippen LogP contribution is -2.10. The molecule has 0 saturated heterocycles. The number of carbonyl (C=O) groups excluding carboxylic acids is 3. The Morgan fingerprint density at radius 1 is 1.09 bits per heavy atom. The molecular weight excluding hydrogens is 356 g/mol. The highest BCUT2D eigenvalue weighted by Crippen LogP contribution is 2.16. The second-order valence-electron chi connectivity index (χ2n) is 4.06. The van der Waals surface area contributed by atoms with Crippen LogP contribution in [0.15, 0.2) is 40.9 Å². The number of carbonyl (C=O) groups is 3. The van der Waals surface area contributed by atoms with Crippen molar-refractivity contribution >= 4 is 33.8 Å². The highest BCUT2D eigenvalue weighted by atomic mass is 79.9. The van der Waals surface area contributed by atoms with Crippen LogP contribution >= 0.6 is 15.9 Å². The molecule has 6 nitrogen and oxygen atoms in total. The number of hydrogen-bond donors (Lipinski definition) is 0. The summed E-state index contributed by atoms with van der Waals surface area (Å²) in [6.45, 7) is 0.0553. The molecule has 0 aliphatic heterocycles. The number of rotatable bonds is 7. The molecule has 0 aromatic heterocycles. The molecule has 0 bridgehead atoms. The number of benzene rings is 1. The van der Waals surface area contributed by atoms with Gasteiger partial charge in [-0.3, -0.25) is 4.79 Å². The zero-order valence-electron chi connectivity index (χ0n) is 11.9. The van der Waals surface area contributed by atoms with Gasteiger partial charge in [-0.15, -0.1) is 0 Å². The fourth-order valence-corrected chi connectivity index (χ4v) is 1.59. The summed E-state index contributed by atoms with van der Waals surface area (Å²) in [7, 11) is 1.20. The van der Waals surface area contributed by atoms with E-state index in [4.69, 9.17) is 9.47 Å². The van der Waals surface area contributed by atoms with E-state index < -0.39 is 17.9 Å². The molecule has 1 rings (SSSR count). The lowest BCUT2D eigenvalue weighted by atomic mass is 10.3. The Labute approximate surface area is 136 Å². The smallest absolute Gasteiger partial charge is 0.331 e. The third kappa shape index (κ3) is 7.58. The molecule has 0 unspecified atom stereocenters. The monoisotopic (exact) mass is 370 g/mol. The fraction of sp³-hybridized carbons (Fsp3) is 0.267. The standard InChI is InChI=1S/C15H15BrO6/c1-20-13(17)8-9-14(18)21-10-2-3-15(19)22-12-6-4-11(16)5-7-12/h4-9H,2-3,10H2,1H3. The van der Waals surface area contributed by atoms with Gasteiger partial charge < -0.3 is 14.2 Å². The first kappa shape index (κ1) is 17.9. The largest absolute Gasteiger partial charge is 0.466 e. The summed E-state index contributed by atoms with van der Waals surface area (Å²) in [6.07, 6.45) is 2.37. The Balaban J connectivity index is 2.20. The van der Waals surface area contributed by atoms with Crippen LogP contribution in [0.2, 0.25) is 0 Å². The molecule has 0 fully saturated rings. The molecule has 0 saturated carbocycles. The summed E-state index contributed by atoms with van der Waals surface area (Å²) < 4.78 is 15.1. The van der Waals surface area contributed by atoms with Gasteiger partial charge in [0.1, 0.15) is 5.75 Å². The van der Waals surface area contributed by atoms with E-state index in [1.165, 1.54) is 7.11 Å². The van der Waals surface area contributed by atoms with Crippen molar-refractivity contribution in [2.24, 2.45) is 0 Å². The zero-order valence-corrected chi connectivity index (χ0v) is 13.5. The van der Waals surface area contributed by atoms with Crippen LogP contribution in [-0.4, -0.2) is 31.6 Å². The van der Waals surface area contributed by atoms with E-state index in [1.807, 2.05) is 0 Å². The van der Waals surface area contributed by atoms with Gasteiger partial charge in [0.2, 0.25) is 0 Å². The van der Waals surface area contributed by atoms with Crippen LogP contribution in [-0.2, 0) is 23.9 Å². The summed E-state index contributed by atoms with van der Waals surface area (Å²) in [6, 6.07) is 6.86. The van der Waals surface area contributed by atoms with Gasteiger partial charge in [-0.1, -0.05) is 15.9 Å². The molecule has 0 spiro atoms. The number of hydrogen-bond acceptors (Lipinski definition) is 6. The van der Waals surface area contributed by atoms with E-state index in [9.17, 15) is 14.4 Å². The molecule has 118 valence electrons. The summed E-state index contributed by atoms with van der Waals surface area (Å²) >= 11 is 3.28. The van der Waals surface area contributed by atoms with Crippen LogP contribution in [0.3, 0.4) is 0 Å². The SMILES string of the molecule is COC(=O)C=CC(=O)OCCCC(=O)Oc1ccc(Br)cc1. The summed E-state index contributed by atoms with van der Waals surface area (Å²) in [5.74, 6) is -1.28. The Morgan fingerprint density at radius 3 is 2.36 bits per heavy atom. The van der Waals surface area contributed by atoms with Crippen LogP contribution < -0.4 is 4.74 Å². The summed E-state index contributed by atoms with van der Waals surface area (Å²) in [4.78, 5) is 33.5. The van der Waals surface area contributed by atoms with Crippen LogP contribution in [0.1, 0.15) is 12.8 Å². The van der Waals surface area contributed by atoms with Crippen molar-refractivity contribution in [3.05, 3.63) is 40.9 Å². The minimum atomic E-state index is -0.674. The highest BCUT2D eigenvalue weighted by Gasteiger charge is 2.06. The van der Waals surface area contributed by atoms with Gasteiger partial charge >= 0.3 is 17.9 Å². The molecule has 1 aromatic rings. The maximum Gasteiger partial charge on any atom is 0.331 e. The van der Waals surface area contributed by atoms with Crippen LogP contribution in [0.4, 0.5) is 0 Å². The number of esters is 3. The van der Waals surface area contributed by atoms with Gasteiger partial charge in [0, 0.05) is 23.0 Å². The Morgan fingerprint density at radius 2 is 1.73 bits per heavy atom. The van der Waals surface area contributed by atoms with Gasteiger partial charge in [-0.2, -0.15) is 0 Å². The first-order valence-electron chi connectivity index (χ1n) is 6.40. The summed E-state index contributed by atoms with van der Waals surface area (Å²) in [5.41, 5.74) is 0. The van der Waals surface area contributed by atoms with Crippen molar-refractivity contribution in [2.45, 2.75) is 12.8 Å². The molecule has 0 amide bonds. The highest BCUT2D eigenvalue weighted by molar-refractivity contribution is 9.10. The van der Waals surface area contributed by atoms with E-state index >= 15 is 0 Å². The maximum absolute atomic E-state index is 11.5. The molecule has 0 atom stereocenters. The van der Waals surface area contributed by atoms with Gasteiger partial charge in [0.05, 0.1) is 13.7 Å². The Hall–Kier alpha value is -2.15. The Bertz CT molecular complexity index is 550. The number of methoxy groups -OCH3 is 1. The van der Waals surface area contributed by atoms with Crippen LogP contribution in [0, 0.1) is 0 Å². The van der Waals surface area contributed by atoms with Crippen LogP contribution in [0.25, 0.3) is 0 Å². The fourth-order valence-electron chi connectivity index (χ4n) is 1.33. The quantitative estimate of drug-likeness (QED) is 0.317. The lowest BCUT2D eigenvalue weighted by Gasteiger charge is -2.04. The van der Waals surface area contributed by atoms with E-state index in [0.29, 0.717) is 12.2 Å². The van der Waals surface area contributed by atoms with Crippen LogP contribution in [0.5, 0.6) is 5.75 Å². The van der Waals surface area contributed by atoms with Gasteiger partial charge in [-0.05, 0) is 30.7 Å². The molecule has 7 heteroatoms. The maximum atomic E-state index is 11.5. The molecule has 0 aliphatic rings. The minimum absolute atomic E-state index is 0.0553. The van der Waals surface area contributed by atoms with Crippen molar-refractivity contribution < 1.29 is 28.6 Å². The minimum Gasteiger partial charge on any atom is -0.466 e. The molecule has 22 heavy (non-hydrogen) atoms. The first-order valence-corrected chi connectivity index (χ1v) is 7.19.